The highest BCUT2D eigenvalue weighted by molar-refractivity contribution is 7.24. The predicted octanol–water partition coefficient (Wildman–Crippen LogP) is 4.37. The molecule has 0 fully saturated rings. The smallest absolute Gasteiger partial charge is 0.195 e. The molecule has 0 aliphatic rings. The number of hydrogen-bond donors (Lipinski definition) is 0. The van der Waals surface area contributed by atoms with Crippen LogP contribution in [0.15, 0.2) is 47.3 Å². The van der Waals surface area contributed by atoms with E-state index in [1.165, 1.54) is 0 Å². The van der Waals surface area contributed by atoms with Crippen molar-refractivity contribution in [1.82, 2.24) is 0 Å². The van der Waals surface area contributed by atoms with Crippen LogP contribution in [0.3, 0.4) is 0 Å². The number of benzene rings is 2. The minimum absolute atomic E-state index is 0.111. The van der Waals surface area contributed by atoms with Crippen molar-refractivity contribution < 1.29 is 9.22 Å². The first kappa shape index (κ1) is 17.1. The third-order valence-electron chi connectivity index (χ3n) is 4.30. The molecule has 126 valence electrons. The van der Waals surface area contributed by atoms with Gasteiger partial charge in [-0.1, -0.05) is 25.1 Å². The Kier molecular flexibility index (Phi) is 4.72. The molecule has 0 radical (unpaired) electrons. The molecule has 0 N–H and O–H groups in total. The maximum atomic E-state index is 12.8. The fraction of sp³-hybridized carbons (Fsp3) is 0.350. The van der Waals surface area contributed by atoms with Gasteiger partial charge < -0.3 is 9.22 Å². The Bertz CT molecular complexity index is 924. The fourth-order valence-electron chi connectivity index (χ4n) is 3.02. The number of hydrogen-bond acceptors (Lipinski definition) is 3. The summed E-state index contributed by atoms with van der Waals surface area (Å²) in [5.74, 6) is 0. The quantitative estimate of drug-likeness (QED) is 0.391. The van der Waals surface area contributed by atoms with E-state index in [2.05, 4.69) is 34.1 Å². The van der Waals surface area contributed by atoms with E-state index in [1.54, 1.807) is 11.3 Å². The molecule has 3 aromatic rings. The molecule has 24 heavy (non-hydrogen) atoms. The molecule has 3 rings (SSSR count). The summed E-state index contributed by atoms with van der Waals surface area (Å²) in [6.07, 6.45) is 1.10. The topological polar surface area (TPSA) is 26.3 Å². The highest BCUT2D eigenvalue weighted by atomic mass is 32.1. The molecule has 0 aliphatic carbocycles. The summed E-state index contributed by atoms with van der Waals surface area (Å²) in [7, 11) is 6.41. The second kappa shape index (κ2) is 6.63. The number of rotatable bonds is 5. The van der Waals surface area contributed by atoms with Crippen molar-refractivity contribution >= 4 is 31.5 Å². The summed E-state index contributed by atoms with van der Waals surface area (Å²) >= 11 is 1.66. The molecule has 3 nitrogen and oxygen atoms in total. The van der Waals surface area contributed by atoms with Crippen LogP contribution in [0.1, 0.15) is 18.9 Å². The van der Waals surface area contributed by atoms with Crippen LogP contribution in [-0.4, -0.2) is 31.9 Å². The van der Waals surface area contributed by atoms with E-state index in [9.17, 15) is 4.79 Å². The van der Waals surface area contributed by atoms with E-state index in [0.717, 1.165) is 36.6 Å². The van der Waals surface area contributed by atoms with Gasteiger partial charge >= 0.3 is 0 Å². The van der Waals surface area contributed by atoms with Gasteiger partial charge in [0, 0.05) is 26.6 Å². The van der Waals surface area contributed by atoms with Gasteiger partial charge in [0.25, 0.3) is 0 Å². The predicted molar refractivity (Wildman–Crippen MR) is 103 cm³/mol. The van der Waals surface area contributed by atoms with Gasteiger partial charge in [-0.15, -0.1) is 11.3 Å². The Labute approximate surface area is 146 Å². The maximum absolute atomic E-state index is 12.8. The van der Waals surface area contributed by atoms with Crippen molar-refractivity contribution in [2.24, 2.45) is 0 Å². The van der Waals surface area contributed by atoms with Crippen LogP contribution in [0.2, 0.25) is 0 Å². The van der Waals surface area contributed by atoms with Crippen LogP contribution >= 0.6 is 11.3 Å². The number of fused-ring (bicyclic) bond motifs is 2. The van der Waals surface area contributed by atoms with E-state index in [4.69, 9.17) is 4.74 Å². The molecule has 0 bridgehead atoms. The Morgan fingerprint density at radius 1 is 1.04 bits per heavy atom. The monoisotopic (exact) mass is 342 g/mol. The molecule has 1 heterocycles. The molecule has 0 amide bonds. The summed E-state index contributed by atoms with van der Waals surface area (Å²) in [6.45, 7) is 2.67. The van der Waals surface area contributed by atoms with E-state index in [-0.39, 0.29) is 11.7 Å². The zero-order valence-electron chi connectivity index (χ0n) is 14.7. The summed E-state index contributed by atoms with van der Waals surface area (Å²) in [4.78, 5) is 12.8. The molecule has 0 saturated heterocycles. The molecular weight excluding hydrogens is 318 g/mol. The minimum Gasteiger partial charge on any atom is -0.324 e. The van der Waals surface area contributed by atoms with Crippen molar-refractivity contribution in [3.63, 3.8) is 0 Å². The molecule has 0 spiro atoms. The minimum atomic E-state index is 0.111. The molecular formula is C20H24NO2S+. The Morgan fingerprint density at radius 2 is 1.75 bits per heavy atom. The third-order valence-corrected chi connectivity index (χ3v) is 5.45. The van der Waals surface area contributed by atoms with Gasteiger partial charge in [-0.3, -0.25) is 4.79 Å². The summed E-state index contributed by atoms with van der Waals surface area (Å²) in [5, 5.41) is 1.59. The van der Waals surface area contributed by atoms with Crippen molar-refractivity contribution in [2.45, 2.75) is 26.2 Å². The molecule has 1 aromatic heterocycles. The first-order chi connectivity index (χ1) is 11.4. The zero-order chi connectivity index (χ0) is 17.3. The highest BCUT2D eigenvalue weighted by Crippen LogP contribution is 2.25. The number of quaternary nitrogens is 1. The van der Waals surface area contributed by atoms with Crippen LogP contribution in [0.25, 0.3) is 20.2 Å². The highest BCUT2D eigenvalue weighted by Gasteiger charge is 2.22. The van der Waals surface area contributed by atoms with Crippen LogP contribution in [-0.2, 0) is 11.3 Å². The third kappa shape index (κ3) is 3.36. The van der Waals surface area contributed by atoms with E-state index in [1.807, 2.05) is 36.4 Å². The zero-order valence-corrected chi connectivity index (χ0v) is 15.5. The molecule has 0 aliphatic heterocycles. The van der Waals surface area contributed by atoms with Crippen LogP contribution in [0.4, 0.5) is 0 Å². The first-order valence-electron chi connectivity index (χ1n) is 8.27. The molecule has 1 atom stereocenters. The summed E-state index contributed by atoms with van der Waals surface area (Å²) < 4.78 is 8.92. The van der Waals surface area contributed by atoms with Crippen LogP contribution in [0, 0.1) is 0 Å². The van der Waals surface area contributed by atoms with Gasteiger partial charge in [0.05, 0.1) is 27.7 Å². The summed E-state index contributed by atoms with van der Waals surface area (Å²) in [6, 6.07) is 13.9. The normalized spacial score (nSPS) is 13.5. The van der Waals surface area contributed by atoms with Gasteiger partial charge in [0.1, 0.15) is 0 Å². The second-order valence-electron chi connectivity index (χ2n) is 7.05. The Balaban J connectivity index is 1.95. The summed E-state index contributed by atoms with van der Waals surface area (Å²) in [5.41, 5.74) is 1.16. The average molecular weight is 342 g/mol. The van der Waals surface area contributed by atoms with E-state index in [0.29, 0.717) is 6.61 Å². The Morgan fingerprint density at radius 3 is 2.46 bits per heavy atom. The molecule has 0 saturated carbocycles. The lowest BCUT2D eigenvalue weighted by Crippen LogP contribution is -2.46. The van der Waals surface area contributed by atoms with Crippen LogP contribution in [0.5, 0.6) is 0 Å². The van der Waals surface area contributed by atoms with Crippen molar-refractivity contribution in [3.05, 3.63) is 58.3 Å². The molecule has 2 aromatic carbocycles. The SMILES string of the molecule is CCC(OCc1ccc2sc3ccccc3c(=O)c2c1)[N+](C)(C)C. The van der Waals surface area contributed by atoms with Gasteiger partial charge in [-0.05, 0) is 29.8 Å². The fourth-order valence-corrected chi connectivity index (χ4v) is 4.07. The van der Waals surface area contributed by atoms with Crippen molar-refractivity contribution in [3.8, 4) is 0 Å². The van der Waals surface area contributed by atoms with Crippen molar-refractivity contribution in [2.75, 3.05) is 21.1 Å². The lowest BCUT2D eigenvalue weighted by molar-refractivity contribution is -0.920. The van der Waals surface area contributed by atoms with Crippen LogP contribution < -0.4 is 5.43 Å². The van der Waals surface area contributed by atoms with Gasteiger partial charge in [0.15, 0.2) is 11.7 Å². The lowest BCUT2D eigenvalue weighted by atomic mass is 10.1. The molecule has 1 unspecified atom stereocenters. The number of nitrogens with zero attached hydrogens (tertiary/aromatic N) is 1. The first-order valence-corrected chi connectivity index (χ1v) is 9.09. The van der Waals surface area contributed by atoms with E-state index < -0.39 is 0 Å². The van der Waals surface area contributed by atoms with E-state index >= 15 is 0 Å². The van der Waals surface area contributed by atoms with Gasteiger partial charge in [-0.2, -0.15) is 0 Å². The van der Waals surface area contributed by atoms with Crippen molar-refractivity contribution in [1.29, 1.82) is 0 Å². The lowest BCUT2D eigenvalue weighted by Gasteiger charge is -2.33. The van der Waals surface area contributed by atoms with Gasteiger partial charge in [0.2, 0.25) is 0 Å². The molecule has 4 heteroatoms. The Hall–Kier alpha value is -1.75. The van der Waals surface area contributed by atoms with Gasteiger partial charge in [-0.25, -0.2) is 0 Å². The average Bonchev–Trinajstić information content (AvgIpc) is 2.55. The largest absolute Gasteiger partial charge is 0.324 e. The number of ether oxygens (including phenoxy) is 1. The second-order valence-corrected chi connectivity index (χ2v) is 8.13. The standard InChI is InChI=1S/C20H24NO2S/c1-5-19(21(2,3)4)23-13-14-10-11-18-16(12-14)20(22)15-8-6-7-9-17(15)24-18/h6-12,19H,5,13H2,1-4H3/q+1. The maximum Gasteiger partial charge on any atom is 0.195 e.